The second-order valence-electron chi connectivity index (χ2n) is 31.2. The Morgan fingerprint density at radius 1 is 0.320 bits per heavy atom. The van der Waals surface area contributed by atoms with Gasteiger partial charge in [0.2, 0.25) is 35.4 Å². The van der Waals surface area contributed by atoms with Gasteiger partial charge in [-0.15, -0.1) is 0 Å². The molecule has 0 unspecified atom stereocenters. The average Bonchev–Trinajstić information content (AvgIpc) is 0.767. The van der Waals surface area contributed by atoms with Crippen LogP contribution in [0.3, 0.4) is 0 Å². The molecular weight excluding hydrogens is 1710 g/mol. The minimum Gasteiger partial charge on any atom is -0.477 e. The van der Waals surface area contributed by atoms with Crippen molar-refractivity contribution in [3.8, 4) is 0 Å². The fourth-order valence-electron chi connectivity index (χ4n) is 15.7. The first-order valence-corrected chi connectivity index (χ1v) is 39.0. The quantitative estimate of drug-likeness (QED) is 0.0275. The molecule has 6 amide bonds. The average molecular weight is 1830 g/mol. The van der Waals surface area contributed by atoms with Gasteiger partial charge in [0, 0.05) is 60.8 Å². The van der Waals surface area contributed by atoms with Crippen molar-refractivity contribution in [1.82, 2.24) is 31.9 Å². The lowest BCUT2D eigenvalue weighted by Crippen LogP contribution is -2.71. The predicted octanol–water partition coefficient (Wildman–Crippen LogP) is -20.0. The Kier molecular flexibility index (Phi) is 36.7. The number of aliphatic carboxylic acids is 3. The zero-order chi connectivity index (χ0) is 93.4. The van der Waals surface area contributed by atoms with Crippen LogP contribution < -0.4 is 31.9 Å². The van der Waals surface area contributed by atoms with Gasteiger partial charge in [0.1, 0.15) is 177 Å². The smallest absolute Gasteiger partial charge is 0.364 e. The topological polar surface area (TPSA) is 890 Å². The number of hydrogen-bond donors (Lipinski definition) is 32. The van der Waals surface area contributed by atoms with E-state index in [9.17, 15) is 176 Å². The Bertz CT molecular complexity index is 3610. The molecule has 56 heteroatoms. The van der Waals surface area contributed by atoms with Crippen LogP contribution in [0.25, 0.3) is 0 Å². The van der Waals surface area contributed by atoms with Crippen molar-refractivity contribution < 1.29 is 247 Å². The SMILES string of the molecule is CC(=O)N[C@@H]1[C@@H](O[C@@H]2O[C@H](CO)[C@@H](O[C@@H]3O[C@H](CO[C@]4(C(=O)O)C[C@H](O)[C@@H](NC(C)=O)[C@H]([C@H](O)[C@H](O)CO)O4)[C@H](O)[C@H](O[C@@H]4O[C@H](CO)[C@@H](O)[C@H](O[C@@H]5O[C@H](CO[C@]6(C(=O)O)C[C@H](O)[C@@H](NC(C)=O)[C@H]([C@H](O)[C@H](O)CO)O6)[C@H](O)[C@H](O)[C@H]5O)[C@H]4NC(C)=O)[C@H]3O)[C@H](O)[C@H]2NC(C)=O)[C@@H](O)[C@@H](CO[C@]2(C(=O)O)C[C@H](O)[C@@H](NC(C)=O)[C@H]([C@H](O)[C@H](O)CO)O2)O[C@@H]1O. The van der Waals surface area contributed by atoms with E-state index >= 15 is 0 Å². The largest absolute Gasteiger partial charge is 0.477 e. The number of carbonyl (C=O) groups excluding carboxylic acids is 6. The molecule has 8 aliphatic rings. The van der Waals surface area contributed by atoms with Gasteiger partial charge in [-0.05, 0) is 0 Å². The summed E-state index contributed by atoms with van der Waals surface area (Å²) in [5, 5.41) is 303. The molecule has 718 valence electrons. The Hall–Kier alpha value is -6.29. The number of hydrogen-bond acceptors (Lipinski definition) is 47. The fourth-order valence-corrected chi connectivity index (χ4v) is 15.7. The van der Waals surface area contributed by atoms with E-state index in [0.29, 0.717) is 0 Å². The second kappa shape index (κ2) is 44.1. The number of nitrogens with one attached hydrogen (secondary N) is 6. The number of ether oxygens (including phenoxy) is 15. The Morgan fingerprint density at radius 2 is 0.608 bits per heavy atom. The molecule has 0 spiro atoms. The monoisotopic (exact) mass is 1820 g/mol. The van der Waals surface area contributed by atoms with Crippen molar-refractivity contribution in [3.05, 3.63) is 0 Å². The molecule has 8 fully saturated rings. The highest BCUT2D eigenvalue weighted by molar-refractivity contribution is 5.79. The summed E-state index contributed by atoms with van der Waals surface area (Å²) in [4.78, 5) is 116. The number of aliphatic hydroxyl groups is 23. The molecule has 8 rings (SSSR count). The summed E-state index contributed by atoms with van der Waals surface area (Å²) in [6.07, 6.45) is -81.6. The lowest BCUT2D eigenvalue weighted by atomic mass is 9.88. The number of carbonyl (C=O) groups is 9. The number of amides is 6. The first-order valence-electron chi connectivity index (χ1n) is 39.0. The van der Waals surface area contributed by atoms with Crippen LogP contribution in [-0.4, -0.2) is 501 Å². The highest BCUT2D eigenvalue weighted by Crippen LogP contribution is 2.42. The van der Waals surface area contributed by atoms with Crippen molar-refractivity contribution in [2.24, 2.45) is 0 Å². The summed E-state index contributed by atoms with van der Waals surface area (Å²) in [6, 6.07) is -11.5. The highest BCUT2D eigenvalue weighted by Gasteiger charge is 2.64. The van der Waals surface area contributed by atoms with E-state index in [-0.39, 0.29) is 0 Å². The summed E-state index contributed by atoms with van der Waals surface area (Å²) in [7, 11) is 0. The van der Waals surface area contributed by atoms with E-state index in [0.717, 1.165) is 41.5 Å². The predicted molar refractivity (Wildman–Crippen MR) is 386 cm³/mol. The van der Waals surface area contributed by atoms with E-state index < -0.39 is 388 Å². The van der Waals surface area contributed by atoms with Crippen LogP contribution in [-0.2, 0) is 114 Å². The van der Waals surface area contributed by atoms with Crippen LogP contribution in [0.2, 0.25) is 0 Å². The molecule has 0 saturated carbocycles. The maximum Gasteiger partial charge on any atom is 0.364 e. The summed E-state index contributed by atoms with van der Waals surface area (Å²) in [5.74, 6) is -21.8. The van der Waals surface area contributed by atoms with Gasteiger partial charge >= 0.3 is 17.9 Å². The summed E-state index contributed by atoms with van der Waals surface area (Å²) in [6.45, 7) is -4.90. The third-order valence-electron chi connectivity index (χ3n) is 22.0. The fraction of sp³-hybridized carbons (Fsp3) is 0.870. The van der Waals surface area contributed by atoms with E-state index in [1.54, 1.807) is 0 Å². The number of rotatable bonds is 37. The number of carboxylic acids is 3. The highest BCUT2D eigenvalue weighted by atomic mass is 16.8. The second-order valence-corrected chi connectivity index (χ2v) is 31.2. The van der Waals surface area contributed by atoms with Crippen LogP contribution in [0.15, 0.2) is 0 Å². The first kappa shape index (κ1) is 104. The van der Waals surface area contributed by atoms with Gasteiger partial charge in [-0.3, -0.25) is 28.8 Å². The van der Waals surface area contributed by atoms with Gasteiger partial charge in [-0.2, -0.15) is 0 Å². The normalized spacial score (nSPS) is 42.7. The molecular formula is C69H112N6O50. The van der Waals surface area contributed by atoms with Crippen molar-refractivity contribution in [2.75, 3.05) is 52.9 Å². The third kappa shape index (κ3) is 23.7. The summed E-state index contributed by atoms with van der Waals surface area (Å²) < 4.78 is 88.1. The zero-order valence-electron chi connectivity index (χ0n) is 67.3. The Morgan fingerprint density at radius 3 is 0.984 bits per heavy atom. The van der Waals surface area contributed by atoms with Crippen LogP contribution >= 0.6 is 0 Å². The molecule has 0 aromatic carbocycles. The van der Waals surface area contributed by atoms with Gasteiger partial charge < -0.3 is 236 Å². The molecule has 0 aliphatic carbocycles. The van der Waals surface area contributed by atoms with Crippen LogP contribution in [0.1, 0.15) is 60.8 Å². The van der Waals surface area contributed by atoms with E-state index in [4.69, 9.17) is 71.1 Å². The van der Waals surface area contributed by atoms with Crippen molar-refractivity contribution in [1.29, 1.82) is 0 Å². The molecule has 32 N–H and O–H groups in total. The maximum atomic E-state index is 13.5. The number of aliphatic hydroxyl groups excluding tert-OH is 23. The van der Waals surface area contributed by atoms with Gasteiger partial charge in [0.15, 0.2) is 31.5 Å². The van der Waals surface area contributed by atoms with Crippen LogP contribution in [0.4, 0.5) is 0 Å². The van der Waals surface area contributed by atoms with Crippen molar-refractivity contribution >= 4 is 53.4 Å². The summed E-state index contributed by atoms with van der Waals surface area (Å²) >= 11 is 0. The lowest BCUT2D eigenvalue weighted by molar-refractivity contribution is -0.386. The number of carboxylic acid groups (broad SMARTS) is 3. The molecule has 125 heavy (non-hydrogen) atoms. The van der Waals surface area contributed by atoms with Gasteiger partial charge in [-0.1, -0.05) is 0 Å². The molecule has 0 radical (unpaired) electrons. The van der Waals surface area contributed by atoms with Gasteiger partial charge in [0.25, 0.3) is 17.4 Å². The molecule has 0 aromatic heterocycles. The van der Waals surface area contributed by atoms with Gasteiger partial charge in [-0.25, -0.2) is 14.4 Å². The molecule has 43 atom stereocenters. The van der Waals surface area contributed by atoms with E-state index in [1.165, 1.54) is 0 Å². The summed E-state index contributed by atoms with van der Waals surface area (Å²) in [5.41, 5.74) is 0. The molecule has 8 aliphatic heterocycles. The van der Waals surface area contributed by atoms with Crippen molar-refractivity contribution in [3.63, 3.8) is 0 Å². The standard InChI is InChI=1S/C69H112N6O50/c1-18(81)70-35-24(87)7-67(64(105)106,123-55(35)41(93)27(90)10-76)111-15-32-44(96)49(101)50(102)62(117-32)121-54-40(75-23(6)86)61(115-30(13-79)45(54)97)122-58-47(99)34(17-113-69(66(109)110)9-26(89)37(72-20(3)83)57(125-69)43(95)29(92)12-78)118-63(51(58)103)119-52-31(14-80)116-60(38(48(52)100)73-21(4)84)120-53-39(74-22(5)85)59(104)114-33(46(53)98)16-112-68(65(107)108)8-25(88)36(71-19(2)82)56(124-68)42(94)28(91)11-77/h24-63,76-80,87-104H,7-17H2,1-6H3,(H,70,81)(H,71,82)(H,72,83)(H,73,84)(H,74,85)(H,75,86)(H,105,106)(H,107,108)(H,109,110)/t24-,25-,26-,27+,28+,29+,30+,31+,32+,33+,34+,35+,36+,37+,38+,39+,40+,41+,42+,43+,44-,45+,46-,47-,48+,49-,50+,51+,52+,53+,54+,55+,56+,57+,58-,59-,60-,61-,62-,63-,67+,68+,69+/m0/s1. The molecule has 8 saturated heterocycles. The molecule has 0 bridgehead atoms. The lowest BCUT2D eigenvalue weighted by Gasteiger charge is -2.51. The minimum absolute atomic E-state index is 0.824. The molecule has 56 nitrogen and oxygen atoms in total. The Balaban J connectivity index is 1.14. The van der Waals surface area contributed by atoms with Crippen LogP contribution in [0, 0.1) is 0 Å². The van der Waals surface area contributed by atoms with Crippen molar-refractivity contribution in [2.45, 2.75) is 323 Å². The minimum atomic E-state index is -3.32. The third-order valence-corrected chi connectivity index (χ3v) is 22.0. The van der Waals surface area contributed by atoms with Gasteiger partial charge in [0.05, 0.1) is 89.3 Å². The molecule has 0 aromatic rings. The Labute approximate surface area is 706 Å². The van der Waals surface area contributed by atoms with Crippen LogP contribution in [0.5, 0.6) is 0 Å². The maximum absolute atomic E-state index is 13.5. The zero-order valence-corrected chi connectivity index (χ0v) is 67.3. The van der Waals surface area contributed by atoms with E-state index in [2.05, 4.69) is 31.9 Å². The first-order chi connectivity index (χ1) is 58.5. The van der Waals surface area contributed by atoms with E-state index in [1.807, 2.05) is 0 Å². The molecule has 8 heterocycles.